The van der Waals surface area contributed by atoms with E-state index in [0.717, 1.165) is 29.4 Å². The Morgan fingerprint density at radius 3 is 2.64 bits per heavy atom. The van der Waals surface area contributed by atoms with Crippen LogP contribution in [0.1, 0.15) is 36.6 Å². The highest BCUT2D eigenvalue weighted by Gasteiger charge is 2.16. The van der Waals surface area contributed by atoms with Crippen molar-refractivity contribution in [1.29, 1.82) is 0 Å². The zero-order valence-electron chi connectivity index (χ0n) is 15.2. The van der Waals surface area contributed by atoms with Crippen LogP contribution < -0.4 is 5.32 Å². The molecule has 4 heteroatoms. The lowest BCUT2D eigenvalue weighted by Crippen LogP contribution is -2.33. The van der Waals surface area contributed by atoms with E-state index in [0.29, 0.717) is 6.42 Å². The van der Waals surface area contributed by atoms with Crippen molar-refractivity contribution in [3.63, 3.8) is 0 Å². The molecular formula is C21H27N3O. The Morgan fingerprint density at radius 2 is 1.96 bits per heavy atom. The third kappa shape index (κ3) is 5.40. The third-order valence-electron chi connectivity index (χ3n) is 4.72. The minimum atomic E-state index is -0.0109. The summed E-state index contributed by atoms with van der Waals surface area (Å²) in [5.74, 6) is 0.784. The first-order chi connectivity index (χ1) is 12.1. The molecule has 132 valence electrons. The van der Waals surface area contributed by atoms with Crippen molar-refractivity contribution in [2.75, 3.05) is 18.4 Å². The number of carbonyl (C=O) groups excluding carboxylic acids is 1. The summed E-state index contributed by atoms with van der Waals surface area (Å²) >= 11 is 0. The number of aryl methyl sites for hydroxylation is 1. The molecule has 2 aromatic rings. The molecule has 0 radical (unpaired) electrons. The molecule has 4 nitrogen and oxygen atoms in total. The van der Waals surface area contributed by atoms with Crippen LogP contribution in [0.3, 0.4) is 0 Å². The van der Waals surface area contributed by atoms with Crippen LogP contribution in [-0.2, 0) is 17.8 Å². The summed E-state index contributed by atoms with van der Waals surface area (Å²) in [6.45, 7) is 7.63. The number of benzene rings is 1. The predicted molar refractivity (Wildman–Crippen MR) is 101 cm³/mol. The summed E-state index contributed by atoms with van der Waals surface area (Å²) in [7, 11) is 0. The van der Waals surface area contributed by atoms with Crippen LogP contribution in [0.25, 0.3) is 0 Å². The van der Waals surface area contributed by atoms with E-state index in [4.69, 9.17) is 0 Å². The average Bonchev–Trinajstić information content (AvgIpc) is 2.59. The third-order valence-corrected chi connectivity index (χ3v) is 4.72. The Labute approximate surface area is 150 Å². The molecule has 2 heterocycles. The highest BCUT2D eigenvalue weighted by molar-refractivity contribution is 5.92. The van der Waals surface area contributed by atoms with Crippen LogP contribution >= 0.6 is 0 Å². The fourth-order valence-corrected chi connectivity index (χ4v) is 3.38. The van der Waals surface area contributed by atoms with Gasteiger partial charge in [-0.15, -0.1) is 0 Å². The van der Waals surface area contributed by atoms with Gasteiger partial charge in [-0.05, 0) is 61.6 Å². The van der Waals surface area contributed by atoms with E-state index in [9.17, 15) is 4.79 Å². The van der Waals surface area contributed by atoms with Gasteiger partial charge in [-0.25, -0.2) is 0 Å². The van der Waals surface area contributed by atoms with Gasteiger partial charge in [-0.3, -0.25) is 14.7 Å². The summed E-state index contributed by atoms with van der Waals surface area (Å²) in [5.41, 5.74) is 4.04. The minimum Gasteiger partial charge on any atom is -0.326 e. The first-order valence-electron chi connectivity index (χ1n) is 9.11. The number of hydrogen-bond acceptors (Lipinski definition) is 3. The lowest BCUT2D eigenvalue weighted by Gasteiger charge is -2.30. The summed E-state index contributed by atoms with van der Waals surface area (Å²) in [6, 6.07) is 12.1. The molecule has 1 fully saturated rings. The quantitative estimate of drug-likeness (QED) is 0.902. The molecule has 1 saturated heterocycles. The minimum absolute atomic E-state index is 0.0109. The standard InChI is InChI=1S/C21H27N3O/c1-16-4-3-11-24(14-16)15-18-7-9-20(10-8-18)23-21(25)12-19-6-5-17(2)22-13-19/h5-10,13,16H,3-4,11-12,14-15H2,1-2H3,(H,23,25). The second kappa shape index (κ2) is 8.26. The molecule has 0 aliphatic carbocycles. The number of pyridine rings is 1. The van der Waals surface area contributed by atoms with Crippen molar-refractivity contribution < 1.29 is 4.79 Å². The second-order valence-electron chi connectivity index (χ2n) is 7.21. The number of aromatic nitrogens is 1. The van der Waals surface area contributed by atoms with E-state index in [1.165, 1.54) is 31.5 Å². The predicted octanol–water partition coefficient (Wildman–Crippen LogP) is 3.80. The zero-order chi connectivity index (χ0) is 17.6. The Morgan fingerprint density at radius 1 is 1.20 bits per heavy atom. The van der Waals surface area contributed by atoms with Crippen molar-refractivity contribution in [2.45, 2.75) is 39.7 Å². The van der Waals surface area contributed by atoms with Gasteiger partial charge in [0, 0.05) is 30.7 Å². The number of hydrogen-bond donors (Lipinski definition) is 1. The largest absolute Gasteiger partial charge is 0.326 e. The number of carbonyl (C=O) groups is 1. The number of likely N-dealkylation sites (tertiary alicyclic amines) is 1. The van der Waals surface area contributed by atoms with Gasteiger partial charge in [-0.2, -0.15) is 0 Å². The summed E-state index contributed by atoms with van der Waals surface area (Å²) in [4.78, 5) is 18.9. The van der Waals surface area contributed by atoms with Gasteiger partial charge in [0.2, 0.25) is 5.91 Å². The van der Waals surface area contributed by atoms with Crippen LogP contribution in [0.5, 0.6) is 0 Å². The lowest BCUT2D eigenvalue weighted by molar-refractivity contribution is -0.115. The number of rotatable bonds is 5. The second-order valence-corrected chi connectivity index (χ2v) is 7.21. The Balaban J connectivity index is 1.51. The molecular weight excluding hydrogens is 310 g/mol. The molecule has 25 heavy (non-hydrogen) atoms. The van der Waals surface area contributed by atoms with Crippen molar-refractivity contribution in [3.05, 3.63) is 59.4 Å². The Kier molecular flexibility index (Phi) is 5.82. The van der Waals surface area contributed by atoms with E-state index < -0.39 is 0 Å². The first kappa shape index (κ1) is 17.6. The van der Waals surface area contributed by atoms with Crippen LogP contribution in [0.2, 0.25) is 0 Å². The van der Waals surface area contributed by atoms with Crippen LogP contribution in [-0.4, -0.2) is 28.9 Å². The van der Waals surface area contributed by atoms with E-state index in [1.54, 1.807) is 6.20 Å². The molecule has 1 aromatic heterocycles. The average molecular weight is 337 g/mol. The van der Waals surface area contributed by atoms with E-state index in [-0.39, 0.29) is 5.91 Å². The molecule has 1 amide bonds. The number of piperidine rings is 1. The van der Waals surface area contributed by atoms with E-state index >= 15 is 0 Å². The van der Waals surface area contributed by atoms with Crippen molar-refractivity contribution in [1.82, 2.24) is 9.88 Å². The molecule has 0 bridgehead atoms. The normalized spacial score (nSPS) is 18.1. The van der Waals surface area contributed by atoms with Crippen molar-refractivity contribution in [3.8, 4) is 0 Å². The van der Waals surface area contributed by atoms with Gasteiger partial charge in [0.25, 0.3) is 0 Å². The number of nitrogens with zero attached hydrogens (tertiary/aromatic N) is 2. The maximum Gasteiger partial charge on any atom is 0.228 e. The summed E-state index contributed by atoms with van der Waals surface area (Å²) in [5, 5.41) is 2.96. The number of nitrogens with one attached hydrogen (secondary N) is 1. The van der Waals surface area contributed by atoms with Crippen LogP contribution in [0.4, 0.5) is 5.69 Å². The highest BCUT2D eigenvalue weighted by Crippen LogP contribution is 2.19. The first-order valence-corrected chi connectivity index (χ1v) is 9.11. The van der Waals surface area contributed by atoms with Gasteiger partial charge < -0.3 is 5.32 Å². The molecule has 0 saturated carbocycles. The SMILES string of the molecule is Cc1ccc(CC(=O)Nc2ccc(CN3CCCC(C)C3)cc2)cn1. The maximum atomic E-state index is 12.2. The van der Waals surface area contributed by atoms with Gasteiger partial charge in [0.15, 0.2) is 0 Å². The van der Waals surface area contributed by atoms with Crippen molar-refractivity contribution in [2.24, 2.45) is 5.92 Å². The monoisotopic (exact) mass is 337 g/mol. The van der Waals surface area contributed by atoms with Crippen LogP contribution in [0.15, 0.2) is 42.6 Å². The van der Waals surface area contributed by atoms with Gasteiger partial charge in [0.1, 0.15) is 0 Å². The molecule has 1 aromatic carbocycles. The molecule has 1 N–H and O–H groups in total. The number of amides is 1. The molecule has 3 rings (SSSR count). The topological polar surface area (TPSA) is 45.2 Å². The summed E-state index contributed by atoms with van der Waals surface area (Å²) in [6.07, 6.45) is 4.75. The summed E-state index contributed by atoms with van der Waals surface area (Å²) < 4.78 is 0. The zero-order valence-corrected chi connectivity index (χ0v) is 15.2. The Hall–Kier alpha value is -2.20. The molecule has 1 atom stereocenters. The molecule has 1 aliphatic heterocycles. The number of anilines is 1. The van der Waals surface area contributed by atoms with Crippen molar-refractivity contribution >= 4 is 11.6 Å². The fraction of sp³-hybridized carbons (Fsp3) is 0.429. The van der Waals surface area contributed by atoms with Crippen LogP contribution in [0, 0.1) is 12.8 Å². The van der Waals surface area contributed by atoms with E-state index in [1.807, 2.05) is 31.2 Å². The smallest absolute Gasteiger partial charge is 0.228 e. The lowest BCUT2D eigenvalue weighted by atomic mass is 10.00. The molecule has 1 unspecified atom stereocenters. The molecule has 0 spiro atoms. The molecule has 1 aliphatic rings. The van der Waals surface area contributed by atoms with Gasteiger partial charge >= 0.3 is 0 Å². The van der Waals surface area contributed by atoms with Gasteiger partial charge in [-0.1, -0.05) is 25.1 Å². The van der Waals surface area contributed by atoms with E-state index in [2.05, 4.69) is 34.3 Å². The maximum absolute atomic E-state index is 12.2. The fourth-order valence-electron chi connectivity index (χ4n) is 3.38. The highest BCUT2D eigenvalue weighted by atomic mass is 16.1. The van der Waals surface area contributed by atoms with Gasteiger partial charge in [0.05, 0.1) is 6.42 Å². The Bertz CT molecular complexity index is 694.